The van der Waals surface area contributed by atoms with Gasteiger partial charge in [-0.1, -0.05) is 29.8 Å². The lowest BCUT2D eigenvalue weighted by molar-refractivity contribution is -0.147. The molecule has 1 saturated carbocycles. The van der Waals surface area contributed by atoms with Gasteiger partial charge in [0.1, 0.15) is 17.0 Å². The van der Waals surface area contributed by atoms with Crippen LogP contribution in [0.15, 0.2) is 24.3 Å². The van der Waals surface area contributed by atoms with Gasteiger partial charge < -0.3 is 15.4 Å². The molecular weight excluding hydrogens is 402 g/mol. The Kier molecular flexibility index (Phi) is 6.17. The predicted molar refractivity (Wildman–Crippen MR) is 105 cm³/mol. The highest BCUT2D eigenvalue weighted by atomic mass is 35.5. The fraction of sp³-hybridized carbons (Fsp3) is 0.368. The fourth-order valence-electron chi connectivity index (χ4n) is 3.14. The Balaban J connectivity index is 1.47. The van der Waals surface area contributed by atoms with Crippen LogP contribution in [0, 0.1) is 11.3 Å². The van der Waals surface area contributed by atoms with Crippen molar-refractivity contribution in [1.29, 1.82) is 5.26 Å². The van der Waals surface area contributed by atoms with Crippen molar-refractivity contribution >= 4 is 50.8 Å². The lowest BCUT2D eigenvalue weighted by Gasteiger charge is -2.21. The van der Waals surface area contributed by atoms with Crippen LogP contribution in [0.2, 0.25) is 5.02 Å². The summed E-state index contributed by atoms with van der Waals surface area (Å²) in [5, 5.41) is 15.4. The number of carbonyl (C=O) groups excluding carboxylic acids is 3. The highest BCUT2D eigenvalue weighted by Crippen LogP contribution is 2.35. The summed E-state index contributed by atoms with van der Waals surface area (Å²) in [5.74, 6) is -1.77. The number of hydrogen-bond donors (Lipinski definition) is 2. The Labute approximate surface area is 170 Å². The molecule has 0 bridgehead atoms. The maximum atomic E-state index is 12.3. The van der Waals surface area contributed by atoms with Crippen LogP contribution in [-0.2, 0) is 14.3 Å². The van der Waals surface area contributed by atoms with Gasteiger partial charge in [-0.25, -0.2) is 0 Å². The normalized spacial score (nSPS) is 15.0. The van der Waals surface area contributed by atoms with Crippen molar-refractivity contribution in [3.05, 3.63) is 34.2 Å². The van der Waals surface area contributed by atoms with E-state index >= 15 is 0 Å². The second-order valence-electron chi connectivity index (χ2n) is 6.53. The molecule has 1 fully saturated rings. The van der Waals surface area contributed by atoms with Gasteiger partial charge in [0.15, 0.2) is 6.61 Å². The minimum atomic E-state index is -0.865. The van der Waals surface area contributed by atoms with E-state index in [2.05, 4.69) is 16.7 Å². The predicted octanol–water partition coefficient (Wildman–Crippen LogP) is 2.78. The maximum Gasteiger partial charge on any atom is 0.325 e. The molecule has 1 aromatic carbocycles. The minimum Gasteiger partial charge on any atom is -0.454 e. The van der Waals surface area contributed by atoms with Crippen molar-refractivity contribution in [3.63, 3.8) is 0 Å². The van der Waals surface area contributed by atoms with Gasteiger partial charge in [-0.15, -0.1) is 11.3 Å². The lowest BCUT2D eigenvalue weighted by atomic mass is 10.00. The van der Waals surface area contributed by atoms with Gasteiger partial charge >= 0.3 is 5.97 Å². The Hall–Kier alpha value is -2.63. The fourth-order valence-corrected chi connectivity index (χ4v) is 4.57. The average molecular weight is 420 g/mol. The molecule has 0 radical (unpaired) electrons. The number of amides is 2. The van der Waals surface area contributed by atoms with Crippen molar-refractivity contribution in [2.75, 3.05) is 13.2 Å². The maximum absolute atomic E-state index is 12.3. The number of halogens is 1. The van der Waals surface area contributed by atoms with Crippen molar-refractivity contribution < 1.29 is 19.1 Å². The first-order valence-electron chi connectivity index (χ1n) is 8.77. The first-order chi connectivity index (χ1) is 13.4. The molecule has 0 atom stereocenters. The zero-order chi connectivity index (χ0) is 20.1. The molecule has 2 amide bonds. The van der Waals surface area contributed by atoms with Gasteiger partial charge in [0, 0.05) is 10.1 Å². The van der Waals surface area contributed by atoms with Crippen LogP contribution < -0.4 is 10.6 Å². The first kappa shape index (κ1) is 20.1. The van der Waals surface area contributed by atoms with E-state index in [9.17, 15) is 19.6 Å². The van der Waals surface area contributed by atoms with Crippen molar-refractivity contribution in [3.8, 4) is 6.07 Å². The summed E-state index contributed by atoms with van der Waals surface area (Å²) in [6.07, 6.45) is 2.93. The van der Waals surface area contributed by atoms with Gasteiger partial charge in [0.25, 0.3) is 11.8 Å². The molecule has 3 rings (SSSR count). The highest BCUT2D eigenvalue weighted by molar-refractivity contribution is 7.21. The Bertz CT molecular complexity index is 960. The molecule has 7 nitrogen and oxygen atoms in total. The molecule has 2 N–H and O–H groups in total. The van der Waals surface area contributed by atoms with Gasteiger partial charge in [0.05, 0.1) is 11.1 Å². The third kappa shape index (κ3) is 4.43. The molecule has 1 heterocycles. The highest BCUT2D eigenvalue weighted by Gasteiger charge is 2.35. The molecule has 9 heteroatoms. The largest absolute Gasteiger partial charge is 0.454 e. The van der Waals surface area contributed by atoms with E-state index in [1.54, 1.807) is 0 Å². The van der Waals surface area contributed by atoms with Crippen LogP contribution in [0.25, 0.3) is 10.1 Å². The van der Waals surface area contributed by atoms with Gasteiger partial charge in [-0.05, 0) is 31.7 Å². The standard InChI is InChI=1S/C19H18ClN3O4S/c20-16-12-5-1-2-6-13(12)28-17(16)18(26)22-9-15(25)27-10-14(24)23-19(11-21)7-3-4-8-19/h1-2,5-6H,3-4,7-10H2,(H,22,26)(H,23,24). The molecular formula is C19H18ClN3O4S. The SMILES string of the molecule is N#CC1(NC(=O)COC(=O)CNC(=O)c2sc3ccccc3c2Cl)CCCC1. The Morgan fingerprint density at radius 3 is 2.64 bits per heavy atom. The Morgan fingerprint density at radius 1 is 1.25 bits per heavy atom. The molecule has 146 valence electrons. The number of carbonyl (C=O) groups is 3. The average Bonchev–Trinajstić information content (AvgIpc) is 3.30. The topological polar surface area (TPSA) is 108 Å². The van der Waals surface area contributed by atoms with Crippen molar-refractivity contribution in [2.24, 2.45) is 0 Å². The first-order valence-corrected chi connectivity index (χ1v) is 9.97. The zero-order valence-electron chi connectivity index (χ0n) is 14.9. The number of benzene rings is 1. The van der Waals surface area contributed by atoms with Crippen LogP contribution in [0.1, 0.15) is 35.4 Å². The van der Waals surface area contributed by atoms with Crippen LogP contribution >= 0.6 is 22.9 Å². The molecule has 0 unspecified atom stereocenters. The minimum absolute atomic E-state index is 0.311. The van der Waals surface area contributed by atoms with E-state index in [1.807, 2.05) is 24.3 Å². The number of rotatable bonds is 6. The number of fused-ring (bicyclic) bond motifs is 1. The van der Waals surface area contributed by atoms with Gasteiger partial charge in [0.2, 0.25) is 0 Å². The number of esters is 1. The van der Waals surface area contributed by atoms with E-state index in [-0.39, 0.29) is 6.54 Å². The molecule has 1 aromatic heterocycles. The number of nitrogens with zero attached hydrogens (tertiary/aromatic N) is 1. The Morgan fingerprint density at radius 2 is 1.96 bits per heavy atom. The number of ether oxygens (including phenoxy) is 1. The molecule has 1 aliphatic carbocycles. The summed E-state index contributed by atoms with van der Waals surface area (Å²) < 4.78 is 5.74. The van der Waals surface area contributed by atoms with Crippen molar-refractivity contribution in [2.45, 2.75) is 31.2 Å². The van der Waals surface area contributed by atoms with Crippen LogP contribution in [-0.4, -0.2) is 36.5 Å². The monoisotopic (exact) mass is 419 g/mol. The van der Waals surface area contributed by atoms with E-state index in [4.69, 9.17) is 16.3 Å². The van der Waals surface area contributed by atoms with Crippen molar-refractivity contribution in [1.82, 2.24) is 10.6 Å². The summed E-state index contributed by atoms with van der Waals surface area (Å²) in [6.45, 7) is -0.887. The summed E-state index contributed by atoms with van der Waals surface area (Å²) in [4.78, 5) is 36.3. The number of thiophene rings is 1. The lowest BCUT2D eigenvalue weighted by Crippen LogP contribution is -2.47. The van der Waals surface area contributed by atoms with Crippen LogP contribution in [0.5, 0.6) is 0 Å². The molecule has 28 heavy (non-hydrogen) atoms. The second kappa shape index (κ2) is 8.59. The summed E-state index contributed by atoms with van der Waals surface area (Å²) in [5.41, 5.74) is -0.865. The van der Waals surface area contributed by atoms with E-state index in [0.29, 0.717) is 22.7 Å². The van der Waals surface area contributed by atoms with Gasteiger partial charge in [-0.3, -0.25) is 14.4 Å². The zero-order valence-corrected chi connectivity index (χ0v) is 16.5. The third-order valence-electron chi connectivity index (χ3n) is 4.55. The summed E-state index contributed by atoms with van der Waals surface area (Å²) in [6, 6.07) is 9.48. The molecule has 0 spiro atoms. The third-order valence-corrected chi connectivity index (χ3v) is 6.22. The number of hydrogen-bond acceptors (Lipinski definition) is 6. The summed E-state index contributed by atoms with van der Waals surface area (Å²) >= 11 is 7.46. The smallest absolute Gasteiger partial charge is 0.325 e. The van der Waals surface area contributed by atoms with E-state index in [1.165, 1.54) is 11.3 Å². The molecule has 2 aromatic rings. The van der Waals surface area contributed by atoms with Crippen LogP contribution in [0.3, 0.4) is 0 Å². The van der Waals surface area contributed by atoms with Crippen LogP contribution in [0.4, 0.5) is 0 Å². The summed E-state index contributed by atoms with van der Waals surface area (Å²) in [7, 11) is 0. The molecule has 1 aliphatic rings. The second-order valence-corrected chi connectivity index (χ2v) is 7.96. The van der Waals surface area contributed by atoms with Gasteiger partial charge in [-0.2, -0.15) is 5.26 Å². The molecule has 0 aliphatic heterocycles. The number of nitriles is 1. The van der Waals surface area contributed by atoms with E-state index < -0.39 is 29.9 Å². The van der Waals surface area contributed by atoms with E-state index in [0.717, 1.165) is 22.9 Å². The molecule has 0 saturated heterocycles. The quantitative estimate of drug-likeness (QED) is 0.700. The number of nitrogens with one attached hydrogen (secondary N) is 2.